The quantitative estimate of drug-likeness (QED) is 0.796. The van der Waals surface area contributed by atoms with Crippen molar-refractivity contribution in [3.8, 4) is 5.69 Å². The van der Waals surface area contributed by atoms with Crippen LogP contribution in [0.15, 0.2) is 30.6 Å². The summed E-state index contributed by atoms with van der Waals surface area (Å²) in [6.45, 7) is 2.00. The molecule has 17 heavy (non-hydrogen) atoms. The lowest BCUT2D eigenvalue weighted by Gasteiger charge is -2.05. The van der Waals surface area contributed by atoms with Gasteiger partial charge in [0, 0.05) is 5.69 Å². The third-order valence-corrected chi connectivity index (χ3v) is 2.50. The number of hydrogen-bond acceptors (Lipinski definition) is 4. The number of nitrogens with zero attached hydrogens (tertiary/aromatic N) is 2. The summed E-state index contributed by atoms with van der Waals surface area (Å²) in [6, 6.07) is 7.75. The Morgan fingerprint density at radius 2 is 2.00 bits per heavy atom. The molecule has 0 saturated carbocycles. The number of esters is 1. The smallest absolute Gasteiger partial charge is 0.360 e. The van der Waals surface area contributed by atoms with Crippen molar-refractivity contribution in [3.05, 3.63) is 41.9 Å². The molecule has 5 nitrogen and oxygen atoms in total. The highest BCUT2D eigenvalue weighted by atomic mass is 16.5. The topological polar surface area (TPSA) is 70.1 Å². The van der Waals surface area contributed by atoms with Crippen LogP contribution in [0.1, 0.15) is 16.1 Å². The molecule has 0 spiro atoms. The summed E-state index contributed by atoms with van der Waals surface area (Å²) in [5.41, 5.74) is 7.99. The van der Waals surface area contributed by atoms with Gasteiger partial charge in [0.25, 0.3) is 0 Å². The molecular weight excluding hydrogens is 218 g/mol. The molecule has 0 saturated heterocycles. The summed E-state index contributed by atoms with van der Waals surface area (Å²) in [5, 5.41) is 0. The zero-order valence-corrected chi connectivity index (χ0v) is 9.68. The summed E-state index contributed by atoms with van der Waals surface area (Å²) < 4.78 is 6.24. The highest BCUT2D eigenvalue weighted by Gasteiger charge is 2.16. The minimum atomic E-state index is -0.534. The van der Waals surface area contributed by atoms with Crippen LogP contribution in [-0.2, 0) is 4.74 Å². The molecule has 0 aliphatic heterocycles. The minimum absolute atomic E-state index is 0.132. The highest BCUT2D eigenvalue weighted by molar-refractivity contribution is 5.92. The molecule has 2 aromatic rings. The van der Waals surface area contributed by atoms with E-state index < -0.39 is 5.97 Å². The zero-order chi connectivity index (χ0) is 12.4. The molecule has 0 atom stereocenters. The molecule has 0 amide bonds. The van der Waals surface area contributed by atoms with Crippen molar-refractivity contribution in [3.63, 3.8) is 0 Å². The number of carbonyl (C=O) groups excluding carboxylic acids is 1. The Labute approximate surface area is 98.8 Å². The van der Waals surface area contributed by atoms with Gasteiger partial charge in [0.1, 0.15) is 12.1 Å². The van der Waals surface area contributed by atoms with Crippen LogP contribution in [0.25, 0.3) is 5.69 Å². The summed E-state index contributed by atoms with van der Waals surface area (Å²) in [4.78, 5) is 15.3. The van der Waals surface area contributed by atoms with Crippen LogP contribution in [0.5, 0.6) is 0 Å². The van der Waals surface area contributed by atoms with Gasteiger partial charge in [0.2, 0.25) is 0 Å². The number of methoxy groups -OCH3 is 1. The van der Waals surface area contributed by atoms with Gasteiger partial charge in [-0.15, -0.1) is 0 Å². The summed E-state index contributed by atoms with van der Waals surface area (Å²) >= 11 is 0. The molecule has 2 N–H and O–H groups in total. The fourth-order valence-electron chi connectivity index (χ4n) is 1.52. The van der Waals surface area contributed by atoms with Crippen LogP contribution in [0.3, 0.4) is 0 Å². The molecule has 0 fully saturated rings. The van der Waals surface area contributed by atoms with Crippen LogP contribution in [-0.4, -0.2) is 22.6 Å². The largest absolute Gasteiger partial charge is 0.464 e. The lowest BCUT2D eigenvalue weighted by atomic mass is 10.2. The first-order valence-electron chi connectivity index (χ1n) is 5.11. The maximum atomic E-state index is 11.4. The molecule has 0 aliphatic rings. The van der Waals surface area contributed by atoms with Gasteiger partial charge < -0.3 is 10.5 Å². The second-order valence-corrected chi connectivity index (χ2v) is 3.68. The second-order valence-electron chi connectivity index (χ2n) is 3.68. The predicted molar refractivity (Wildman–Crippen MR) is 64.1 cm³/mol. The number of nitrogens with two attached hydrogens (primary N) is 1. The first-order chi connectivity index (χ1) is 8.13. The molecule has 1 aromatic heterocycles. The average Bonchev–Trinajstić information content (AvgIpc) is 2.71. The van der Waals surface area contributed by atoms with Crippen molar-refractivity contribution in [1.82, 2.24) is 9.55 Å². The van der Waals surface area contributed by atoms with Crippen LogP contribution in [0.2, 0.25) is 0 Å². The number of rotatable bonds is 2. The number of aromatic nitrogens is 2. The third-order valence-electron chi connectivity index (χ3n) is 2.50. The molecule has 0 bridgehead atoms. The summed E-state index contributed by atoms with van der Waals surface area (Å²) in [7, 11) is 1.30. The second kappa shape index (κ2) is 4.29. The van der Waals surface area contributed by atoms with Crippen molar-refractivity contribution in [2.75, 3.05) is 12.8 Å². The molecule has 1 heterocycles. The number of nitrogen functional groups attached to an aromatic ring is 1. The Kier molecular flexibility index (Phi) is 2.82. The van der Waals surface area contributed by atoms with E-state index in [0.29, 0.717) is 0 Å². The van der Waals surface area contributed by atoms with Crippen molar-refractivity contribution in [2.45, 2.75) is 6.92 Å². The molecule has 2 rings (SSSR count). The zero-order valence-electron chi connectivity index (χ0n) is 9.68. The van der Waals surface area contributed by atoms with Crippen molar-refractivity contribution in [2.24, 2.45) is 0 Å². The van der Waals surface area contributed by atoms with E-state index in [1.807, 2.05) is 31.2 Å². The van der Waals surface area contributed by atoms with E-state index in [4.69, 9.17) is 5.73 Å². The molecule has 0 aliphatic carbocycles. The van der Waals surface area contributed by atoms with Gasteiger partial charge >= 0.3 is 5.97 Å². The number of benzene rings is 1. The Morgan fingerprint density at radius 1 is 1.35 bits per heavy atom. The van der Waals surface area contributed by atoms with Gasteiger partial charge in [-0.25, -0.2) is 9.78 Å². The fourth-order valence-corrected chi connectivity index (χ4v) is 1.52. The number of imidazole rings is 1. The number of aryl methyl sites for hydroxylation is 1. The maximum Gasteiger partial charge on any atom is 0.360 e. The normalized spacial score (nSPS) is 10.2. The standard InChI is InChI=1S/C12H13N3O2/c1-8-3-5-9(6-4-8)15-7-14-10(11(15)13)12(16)17-2/h3-7H,13H2,1-2H3. The predicted octanol–water partition coefficient (Wildman–Crippen LogP) is 1.55. The summed E-state index contributed by atoms with van der Waals surface area (Å²) in [6.07, 6.45) is 1.51. The van der Waals surface area contributed by atoms with Gasteiger partial charge in [-0.1, -0.05) is 17.7 Å². The van der Waals surface area contributed by atoms with Crippen molar-refractivity contribution in [1.29, 1.82) is 0 Å². The first-order valence-corrected chi connectivity index (χ1v) is 5.11. The first kappa shape index (κ1) is 11.2. The van der Waals surface area contributed by atoms with Crippen molar-refractivity contribution >= 4 is 11.8 Å². The Bertz CT molecular complexity index is 543. The van der Waals surface area contributed by atoms with Crippen LogP contribution in [0.4, 0.5) is 5.82 Å². The number of carbonyl (C=O) groups is 1. The van der Waals surface area contributed by atoms with E-state index in [1.54, 1.807) is 4.57 Å². The van der Waals surface area contributed by atoms with Crippen LogP contribution < -0.4 is 5.73 Å². The lowest BCUT2D eigenvalue weighted by molar-refractivity contribution is 0.0596. The van der Waals surface area contributed by atoms with Gasteiger partial charge in [0.15, 0.2) is 5.69 Å². The SMILES string of the molecule is COC(=O)c1ncn(-c2ccc(C)cc2)c1N. The third kappa shape index (κ3) is 1.99. The van der Waals surface area contributed by atoms with Crippen LogP contribution in [0, 0.1) is 6.92 Å². The van der Waals surface area contributed by atoms with E-state index in [9.17, 15) is 4.79 Å². The Balaban J connectivity index is 2.44. The van der Waals surface area contributed by atoms with Crippen LogP contribution >= 0.6 is 0 Å². The summed E-state index contributed by atoms with van der Waals surface area (Å²) in [5.74, 6) is -0.255. The monoisotopic (exact) mass is 231 g/mol. The Morgan fingerprint density at radius 3 is 2.59 bits per heavy atom. The average molecular weight is 231 g/mol. The molecule has 0 radical (unpaired) electrons. The van der Waals surface area contributed by atoms with Gasteiger partial charge in [-0.05, 0) is 19.1 Å². The molecule has 5 heteroatoms. The van der Waals surface area contributed by atoms with E-state index in [-0.39, 0.29) is 11.5 Å². The van der Waals surface area contributed by atoms with E-state index >= 15 is 0 Å². The maximum absolute atomic E-state index is 11.4. The lowest BCUT2D eigenvalue weighted by Crippen LogP contribution is -2.07. The number of anilines is 1. The van der Waals surface area contributed by atoms with E-state index in [1.165, 1.54) is 13.4 Å². The number of hydrogen-bond donors (Lipinski definition) is 1. The molecule has 1 aromatic carbocycles. The number of ether oxygens (including phenoxy) is 1. The Hall–Kier alpha value is -2.30. The highest BCUT2D eigenvalue weighted by Crippen LogP contribution is 2.17. The minimum Gasteiger partial charge on any atom is -0.464 e. The fraction of sp³-hybridized carbons (Fsp3) is 0.167. The molecule has 88 valence electrons. The molecule has 0 unspecified atom stereocenters. The van der Waals surface area contributed by atoms with E-state index in [2.05, 4.69) is 9.72 Å². The van der Waals surface area contributed by atoms with E-state index in [0.717, 1.165) is 11.3 Å². The van der Waals surface area contributed by atoms with Gasteiger partial charge in [-0.3, -0.25) is 4.57 Å². The van der Waals surface area contributed by atoms with Gasteiger partial charge in [-0.2, -0.15) is 0 Å². The van der Waals surface area contributed by atoms with Crippen molar-refractivity contribution < 1.29 is 9.53 Å². The molecular formula is C12H13N3O2. The van der Waals surface area contributed by atoms with Gasteiger partial charge in [0.05, 0.1) is 7.11 Å².